The zero-order chi connectivity index (χ0) is 11.9. The van der Waals surface area contributed by atoms with E-state index in [0.717, 1.165) is 11.5 Å². The van der Waals surface area contributed by atoms with E-state index in [-0.39, 0.29) is 5.57 Å². The normalized spacial score (nSPS) is 22.9. The van der Waals surface area contributed by atoms with Gasteiger partial charge in [0.25, 0.3) is 8.08 Å². The van der Waals surface area contributed by atoms with Crippen molar-refractivity contribution in [3.63, 3.8) is 0 Å². The molecule has 1 heterocycles. The lowest BCUT2D eigenvalue weighted by atomic mass is 10.1. The molecule has 1 aliphatic heterocycles. The maximum absolute atomic E-state index is 12.4. The third kappa shape index (κ3) is 3.09. The highest BCUT2D eigenvalue weighted by Gasteiger charge is 2.35. The Morgan fingerprint density at radius 3 is 2.33 bits per heavy atom. The van der Waals surface area contributed by atoms with Gasteiger partial charge in [-0.3, -0.25) is 0 Å². The fraction of sp³-hybridized carbons (Fsp3) is 0.286. The molecular weight excluding hydrogens is 273 g/mol. The van der Waals surface area contributed by atoms with Crippen molar-refractivity contribution in [1.82, 2.24) is 0 Å². The number of hydrogen-bond acceptors (Lipinski definition) is 2. The van der Waals surface area contributed by atoms with Gasteiger partial charge in [0.15, 0.2) is 0 Å². The Balaban J connectivity index is 3.32. The molecule has 0 amide bonds. The van der Waals surface area contributed by atoms with E-state index in [1.165, 1.54) is 6.92 Å². The Hall–Kier alpha value is -0.270. The summed E-state index contributed by atoms with van der Waals surface area (Å²) in [5.74, 6) is 0. The molecule has 2 nitrogen and oxygen atoms in total. The van der Waals surface area contributed by atoms with Crippen molar-refractivity contribution in [2.45, 2.75) is 13.1 Å². The summed E-state index contributed by atoms with van der Waals surface area (Å²) in [6, 6.07) is 0. The molecule has 0 aromatic rings. The van der Waals surface area contributed by atoms with Crippen LogP contribution in [-0.4, -0.2) is 20.0 Å². The smallest absolute Gasteiger partial charge is 0.201 e. The predicted octanol–water partition coefficient (Wildman–Crippen LogP) is 2.95. The first-order valence-corrected chi connectivity index (χ1v) is 7.78. The molecule has 0 bridgehead atoms. The van der Waals surface area contributed by atoms with Crippen LogP contribution in [0.25, 0.3) is 0 Å². The molecule has 0 N–H and O–H groups in total. The second-order valence-electron chi connectivity index (χ2n) is 2.74. The summed E-state index contributed by atoms with van der Waals surface area (Å²) in [4.78, 5) is 0. The van der Waals surface area contributed by atoms with Gasteiger partial charge in [0.05, 0.1) is 5.57 Å². The molecule has 1 rings (SSSR count). The van der Waals surface area contributed by atoms with Crippen LogP contribution in [0, 0.1) is 0 Å². The van der Waals surface area contributed by atoms with Crippen LogP contribution in [-0.2, 0) is 8.08 Å². The van der Waals surface area contributed by atoms with Crippen LogP contribution in [0.15, 0.2) is 22.6 Å². The summed E-state index contributed by atoms with van der Waals surface area (Å²) < 4.78 is 58.9. The van der Waals surface area contributed by atoms with E-state index in [1.807, 2.05) is 0 Å². The second kappa shape index (κ2) is 3.95. The third-order valence-corrected chi connectivity index (χ3v) is 6.29. The largest absolute Gasteiger partial charge is 0.417 e. The molecule has 15 heavy (non-hydrogen) atoms. The summed E-state index contributed by atoms with van der Waals surface area (Å²) in [6.45, 7) is 1.26. The van der Waals surface area contributed by atoms with Gasteiger partial charge in [-0.2, -0.15) is 13.2 Å². The molecule has 0 aromatic carbocycles. The van der Waals surface area contributed by atoms with E-state index in [1.54, 1.807) is 0 Å². The van der Waals surface area contributed by atoms with Crippen LogP contribution >= 0.6 is 20.2 Å². The molecule has 0 spiro atoms. The van der Waals surface area contributed by atoms with Gasteiger partial charge in [-0.05, 0) is 32.8 Å². The van der Waals surface area contributed by atoms with E-state index in [9.17, 15) is 21.6 Å². The van der Waals surface area contributed by atoms with Crippen LogP contribution in [0.5, 0.6) is 0 Å². The minimum atomic E-state index is -4.55. The van der Waals surface area contributed by atoms with E-state index in [0.29, 0.717) is 5.37 Å². The fourth-order valence-electron chi connectivity index (χ4n) is 0.921. The zero-order valence-corrected chi connectivity index (χ0v) is 9.77. The van der Waals surface area contributed by atoms with Crippen molar-refractivity contribution in [3.8, 4) is 0 Å². The molecule has 1 aliphatic rings. The molecule has 0 radical (unpaired) electrons. The number of rotatable bonds is 1. The molecule has 0 saturated heterocycles. The highest BCUT2D eigenvalue weighted by molar-refractivity contribution is 8.87. The number of halogens is 4. The topological polar surface area (TPSA) is 34.1 Å². The average molecular weight is 279 g/mol. The van der Waals surface area contributed by atoms with Gasteiger partial charge in [0, 0.05) is 10.7 Å². The fourth-order valence-corrected chi connectivity index (χ4v) is 4.04. The Morgan fingerprint density at radius 1 is 1.40 bits per heavy atom. The van der Waals surface area contributed by atoms with Crippen molar-refractivity contribution in [2.24, 2.45) is 0 Å². The van der Waals surface area contributed by atoms with Gasteiger partial charge >= 0.3 is 6.18 Å². The van der Waals surface area contributed by atoms with Crippen molar-refractivity contribution < 1.29 is 21.6 Å². The molecule has 0 aromatic heterocycles. The number of hydrogen-bond donors (Lipinski definition) is 0. The molecule has 86 valence electrons. The predicted molar refractivity (Wildman–Crippen MR) is 56.3 cm³/mol. The Kier molecular flexibility index (Phi) is 3.37. The summed E-state index contributed by atoms with van der Waals surface area (Å²) in [6.07, 6.45) is -3.44. The lowest BCUT2D eigenvalue weighted by molar-refractivity contribution is -0.0859. The lowest BCUT2D eigenvalue weighted by Gasteiger charge is -2.14. The van der Waals surface area contributed by atoms with Crippen molar-refractivity contribution in [2.75, 3.05) is 0 Å². The Morgan fingerprint density at radius 2 is 1.93 bits per heavy atom. The second-order valence-corrected chi connectivity index (χ2v) is 8.93. The minimum Gasteiger partial charge on any atom is -0.201 e. The molecule has 1 unspecified atom stereocenters. The summed E-state index contributed by atoms with van der Waals surface area (Å²) in [5, 5.41) is 1.78. The third-order valence-electron chi connectivity index (χ3n) is 1.65. The van der Waals surface area contributed by atoms with Crippen LogP contribution < -0.4 is 0 Å². The van der Waals surface area contributed by atoms with Gasteiger partial charge in [-0.1, -0.05) is 6.08 Å². The molecule has 0 fully saturated rings. The van der Waals surface area contributed by atoms with Crippen molar-refractivity contribution >= 4 is 33.6 Å². The maximum atomic E-state index is 12.4. The first kappa shape index (κ1) is 12.8. The molecule has 0 aliphatic carbocycles. The van der Waals surface area contributed by atoms with Crippen LogP contribution in [0.3, 0.4) is 0 Å². The number of alkyl halides is 3. The summed E-state index contributed by atoms with van der Waals surface area (Å²) >= 11 is 0. The van der Waals surface area contributed by atoms with Gasteiger partial charge in [-0.25, -0.2) is 8.42 Å². The molecule has 0 saturated carbocycles. The lowest BCUT2D eigenvalue weighted by Crippen LogP contribution is -2.16. The summed E-state index contributed by atoms with van der Waals surface area (Å²) in [5.41, 5.74) is -0.968. The first-order chi connectivity index (χ1) is 6.62. The molecular formula is C7H6ClF3O2S2. The van der Waals surface area contributed by atoms with Gasteiger partial charge < -0.3 is 0 Å². The first-order valence-electron chi connectivity index (χ1n) is 3.60. The standard InChI is InChI=1S/C7H6ClF3O2S2/c1-5-2-3-14(15(8,12)13)4-6(5)7(9,10)11/h2-4H,1H3. The van der Waals surface area contributed by atoms with E-state index in [4.69, 9.17) is 10.7 Å². The monoisotopic (exact) mass is 278 g/mol. The van der Waals surface area contributed by atoms with Crippen molar-refractivity contribution in [1.29, 1.82) is 0 Å². The van der Waals surface area contributed by atoms with Gasteiger partial charge in [0.2, 0.25) is 0 Å². The minimum absolute atomic E-state index is 0.0217. The highest BCUT2D eigenvalue weighted by Crippen LogP contribution is 2.37. The van der Waals surface area contributed by atoms with E-state index < -0.39 is 29.3 Å². The average Bonchev–Trinajstić information content (AvgIpc) is 2.00. The summed E-state index contributed by atoms with van der Waals surface area (Å²) in [7, 11) is -0.737. The van der Waals surface area contributed by atoms with Crippen molar-refractivity contribution in [3.05, 3.63) is 22.6 Å². The quantitative estimate of drug-likeness (QED) is 0.420. The van der Waals surface area contributed by atoms with E-state index >= 15 is 0 Å². The van der Waals surface area contributed by atoms with Crippen LogP contribution in [0.2, 0.25) is 0 Å². The Bertz CT molecular complexity index is 471. The molecule has 1 atom stereocenters. The number of allylic oxidation sites excluding steroid dienone is 3. The van der Waals surface area contributed by atoms with Crippen LogP contribution in [0.4, 0.5) is 13.2 Å². The van der Waals surface area contributed by atoms with E-state index in [2.05, 4.69) is 0 Å². The zero-order valence-electron chi connectivity index (χ0n) is 7.38. The van der Waals surface area contributed by atoms with Gasteiger partial charge in [-0.15, -0.1) is 0 Å². The van der Waals surface area contributed by atoms with Gasteiger partial charge in [0.1, 0.15) is 0 Å². The maximum Gasteiger partial charge on any atom is 0.417 e. The SMILES string of the molecule is CC1=C(C(F)(F)F)C=S(S(=O)(=O)Cl)C=C1. The molecule has 8 heteroatoms. The van der Waals surface area contributed by atoms with Crippen LogP contribution in [0.1, 0.15) is 6.92 Å². The highest BCUT2D eigenvalue weighted by atomic mass is 35.8. The Labute approximate surface area is 91.2 Å².